The maximum atomic E-state index is 12.8. The van der Waals surface area contributed by atoms with E-state index < -0.39 is 0 Å². The highest BCUT2D eigenvalue weighted by molar-refractivity contribution is 6.35. The zero-order valence-corrected chi connectivity index (χ0v) is 20.2. The molecule has 1 amide bonds. The Labute approximate surface area is 209 Å². The maximum absolute atomic E-state index is 12.8. The van der Waals surface area contributed by atoms with Crippen LogP contribution in [-0.4, -0.2) is 17.0 Å². The Morgan fingerprint density at radius 2 is 1.79 bits per heavy atom. The van der Waals surface area contributed by atoms with Crippen LogP contribution in [0.1, 0.15) is 22.4 Å². The number of nitriles is 1. The molecule has 0 saturated heterocycles. The van der Waals surface area contributed by atoms with Gasteiger partial charge in [-0.05, 0) is 48.7 Å². The molecule has 0 spiro atoms. The number of rotatable bonds is 7. The van der Waals surface area contributed by atoms with Crippen LogP contribution >= 0.6 is 23.2 Å². The smallest absolute Gasteiger partial charge is 0.261 e. The molecule has 0 fully saturated rings. The lowest BCUT2D eigenvalue weighted by molar-refractivity contribution is -0.117. The van der Waals surface area contributed by atoms with E-state index in [1.165, 1.54) is 0 Å². The van der Waals surface area contributed by atoms with Gasteiger partial charge in [0.1, 0.15) is 11.6 Å². The molecule has 34 heavy (non-hydrogen) atoms. The van der Waals surface area contributed by atoms with Crippen LogP contribution in [0.3, 0.4) is 0 Å². The first-order valence-corrected chi connectivity index (χ1v) is 11.7. The summed E-state index contributed by atoms with van der Waals surface area (Å²) in [6.07, 6.45) is 2.38. The molecule has 170 valence electrons. The fourth-order valence-corrected chi connectivity index (χ4v) is 4.49. The van der Waals surface area contributed by atoms with Gasteiger partial charge in [-0.2, -0.15) is 5.26 Å². The normalized spacial score (nSPS) is 11.4. The molecule has 0 aliphatic heterocycles. The van der Waals surface area contributed by atoms with Crippen molar-refractivity contribution in [3.63, 3.8) is 0 Å². The van der Waals surface area contributed by atoms with Gasteiger partial charge in [-0.25, -0.2) is 0 Å². The number of benzene rings is 3. The second kappa shape index (κ2) is 10.6. The standard InChI is InChI=1S/C28H23Cl2N3O/c1-19-25(15-22(17-31)28(34)32-14-13-20-7-3-2-4-8-20)24-9-5-6-10-27(24)33(19)18-21-11-12-23(29)16-26(21)30/h2-12,15-16H,13-14,18H2,1H3,(H,32,34)/b22-15+. The van der Waals surface area contributed by atoms with Crippen molar-refractivity contribution in [2.75, 3.05) is 6.54 Å². The number of carbonyl (C=O) groups excluding carboxylic acids is 1. The largest absolute Gasteiger partial charge is 0.351 e. The minimum atomic E-state index is -0.379. The Hall–Kier alpha value is -3.52. The number of para-hydroxylation sites is 1. The number of aromatic nitrogens is 1. The maximum Gasteiger partial charge on any atom is 0.261 e. The van der Waals surface area contributed by atoms with Crippen LogP contribution in [0.15, 0.2) is 78.4 Å². The first kappa shape index (κ1) is 23.6. The molecule has 4 aromatic rings. The van der Waals surface area contributed by atoms with Gasteiger partial charge in [-0.1, -0.05) is 77.8 Å². The minimum Gasteiger partial charge on any atom is -0.351 e. The predicted octanol–water partition coefficient (Wildman–Crippen LogP) is 6.57. The van der Waals surface area contributed by atoms with Gasteiger partial charge in [0.25, 0.3) is 5.91 Å². The fourth-order valence-electron chi connectivity index (χ4n) is 4.02. The second-order valence-electron chi connectivity index (χ2n) is 8.00. The van der Waals surface area contributed by atoms with Crippen molar-refractivity contribution in [3.8, 4) is 6.07 Å². The molecule has 1 N–H and O–H groups in total. The van der Waals surface area contributed by atoms with E-state index in [1.807, 2.05) is 73.7 Å². The molecule has 4 rings (SSSR count). The lowest BCUT2D eigenvalue weighted by atomic mass is 10.1. The molecule has 4 nitrogen and oxygen atoms in total. The van der Waals surface area contributed by atoms with E-state index in [2.05, 4.69) is 16.0 Å². The summed E-state index contributed by atoms with van der Waals surface area (Å²) in [5.74, 6) is -0.379. The summed E-state index contributed by atoms with van der Waals surface area (Å²) in [7, 11) is 0. The number of hydrogen-bond acceptors (Lipinski definition) is 2. The third-order valence-electron chi connectivity index (χ3n) is 5.82. The first-order chi connectivity index (χ1) is 16.5. The molecule has 0 bridgehead atoms. The van der Waals surface area contributed by atoms with Gasteiger partial charge >= 0.3 is 0 Å². The molecule has 1 heterocycles. The third kappa shape index (κ3) is 5.17. The van der Waals surface area contributed by atoms with Gasteiger partial charge < -0.3 is 9.88 Å². The van der Waals surface area contributed by atoms with E-state index in [4.69, 9.17) is 23.2 Å². The van der Waals surface area contributed by atoms with E-state index in [0.717, 1.165) is 33.3 Å². The van der Waals surface area contributed by atoms with Crippen molar-refractivity contribution >= 4 is 46.1 Å². The van der Waals surface area contributed by atoms with Crippen molar-refractivity contribution in [1.82, 2.24) is 9.88 Å². The average molecular weight is 488 g/mol. The van der Waals surface area contributed by atoms with Crippen LogP contribution in [0.25, 0.3) is 17.0 Å². The van der Waals surface area contributed by atoms with E-state index in [0.29, 0.717) is 29.6 Å². The monoisotopic (exact) mass is 487 g/mol. The highest BCUT2D eigenvalue weighted by atomic mass is 35.5. The van der Waals surface area contributed by atoms with Crippen molar-refractivity contribution in [2.45, 2.75) is 19.9 Å². The summed E-state index contributed by atoms with van der Waals surface area (Å²) in [6, 6.07) is 25.4. The van der Waals surface area contributed by atoms with E-state index in [9.17, 15) is 10.1 Å². The molecule has 1 aromatic heterocycles. The quantitative estimate of drug-likeness (QED) is 0.236. The van der Waals surface area contributed by atoms with Crippen LogP contribution in [0.2, 0.25) is 10.0 Å². The van der Waals surface area contributed by atoms with Crippen molar-refractivity contribution < 1.29 is 4.79 Å². The average Bonchev–Trinajstić information content (AvgIpc) is 3.10. The topological polar surface area (TPSA) is 57.8 Å². The van der Waals surface area contributed by atoms with Gasteiger partial charge in [0.15, 0.2) is 0 Å². The predicted molar refractivity (Wildman–Crippen MR) is 139 cm³/mol. The third-order valence-corrected chi connectivity index (χ3v) is 6.41. The highest BCUT2D eigenvalue weighted by Crippen LogP contribution is 2.30. The van der Waals surface area contributed by atoms with Crippen molar-refractivity contribution in [1.29, 1.82) is 5.26 Å². The summed E-state index contributed by atoms with van der Waals surface area (Å²) in [5, 5.41) is 14.7. The summed E-state index contributed by atoms with van der Waals surface area (Å²) in [5.41, 5.74) is 4.92. The molecular weight excluding hydrogens is 465 g/mol. The number of hydrogen-bond donors (Lipinski definition) is 1. The molecule has 0 aliphatic carbocycles. The van der Waals surface area contributed by atoms with E-state index >= 15 is 0 Å². The molecule has 0 aliphatic rings. The van der Waals surface area contributed by atoms with E-state index in [1.54, 1.807) is 12.1 Å². The second-order valence-corrected chi connectivity index (χ2v) is 8.84. The van der Waals surface area contributed by atoms with Crippen LogP contribution in [0.5, 0.6) is 0 Å². The molecular formula is C28H23Cl2N3O. The Balaban J connectivity index is 1.63. The fraction of sp³-hybridized carbons (Fsp3) is 0.143. The number of carbonyl (C=O) groups is 1. The Morgan fingerprint density at radius 1 is 1.06 bits per heavy atom. The number of fused-ring (bicyclic) bond motifs is 1. The van der Waals surface area contributed by atoms with Crippen molar-refractivity contribution in [3.05, 3.63) is 111 Å². The lowest BCUT2D eigenvalue weighted by Gasteiger charge is -2.11. The summed E-state index contributed by atoms with van der Waals surface area (Å²) >= 11 is 12.5. The van der Waals surface area contributed by atoms with Gasteiger partial charge in [0, 0.05) is 45.3 Å². The van der Waals surface area contributed by atoms with Crippen LogP contribution in [0, 0.1) is 18.3 Å². The minimum absolute atomic E-state index is 0.0728. The molecule has 0 unspecified atom stereocenters. The number of halogens is 2. The number of nitrogens with zero attached hydrogens (tertiary/aromatic N) is 2. The SMILES string of the molecule is Cc1c(/C=C(\C#N)C(=O)NCCc2ccccc2)c2ccccc2n1Cc1ccc(Cl)cc1Cl. The lowest BCUT2D eigenvalue weighted by Crippen LogP contribution is -2.26. The Bertz CT molecular complexity index is 1420. The summed E-state index contributed by atoms with van der Waals surface area (Å²) < 4.78 is 2.14. The molecule has 0 atom stereocenters. The molecule has 0 saturated carbocycles. The van der Waals surface area contributed by atoms with E-state index in [-0.39, 0.29) is 11.5 Å². The van der Waals surface area contributed by atoms with Crippen LogP contribution in [-0.2, 0) is 17.8 Å². The molecule has 0 radical (unpaired) electrons. The van der Waals surface area contributed by atoms with Gasteiger partial charge in [0.05, 0.1) is 0 Å². The molecule has 3 aromatic carbocycles. The van der Waals surface area contributed by atoms with Gasteiger partial charge in [-0.15, -0.1) is 0 Å². The Morgan fingerprint density at radius 3 is 2.53 bits per heavy atom. The van der Waals surface area contributed by atoms with Gasteiger partial charge in [0.2, 0.25) is 0 Å². The number of amides is 1. The highest BCUT2D eigenvalue weighted by Gasteiger charge is 2.16. The van der Waals surface area contributed by atoms with Crippen molar-refractivity contribution in [2.24, 2.45) is 0 Å². The first-order valence-electron chi connectivity index (χ1n) is 10.9. The van der Waals surface area contributed by atoms with Crippen LogP contribution < -0.4 is 5.32 Å². The zero-order valence-electron chi connectivity index (χ0n) is 18.7. The van der Waals surface area contributed by atoms with Crippen LogP contribution in [0.4, 0.5) is 0 Å². The summed E-state index contributed by atoms with van der Waals surface area (Å²) in [4.78, 5) is 12.8. The number of nitrogens with one attached hydrogen (secondary N) is 1. The zero-order chi connectivity index (χ0) is 24.1. The molecule has 6 heteroatoms. The summed E-state index contributed by atoms with van der Waals surface area (Å²) in [6.45, 7) is 2.98. The van der Waals surface area contributed by atoms with Gasteiger partial charge in [-0.3, -0.25) is 4.79 Å². The Kier molecular flexibility index (Phi) is 7.37.